The number of hydrogen-bond acceptors (Lipinski definition) is 2. The van der Waals surface area contributed by atoms with Crippen molar-refractivity contribution in [2.24, 2.45) is 0 Å². The summed E-state index contributed by atoms with van der Waals surface area (Å²) in [6, 6.07) is 9.81. The zero-order valence-corrected chi connectivity index (χ0v) is 8.98. The van der Waals surface area contributed by atoms with E-state index in [0.29, 0.717) is 0 Å². The molecule has 0 aliphatic carbocycles. The van der Waals surface area contributed by atoms with Gasteiger partial charge < -0.3 is 0 Å². The molecule has 2 heteroatoms. The van der Waals surface area contributed by atoms with Gasteiger partial charge >= 0.3 is 0 Å². The second-order valence-corrected chi connectivity index (χ2v) is 5.75. The first-order chi connectivity index (χ1) is 6.01. The van der Waals surface area contributed by atoms with Crippen molar-refractivity contribution in [1.29, 1.82) is 5.26 Å². The van der Waals surface area contributed by atoms with Gasteiger partial charge in [-0.3, -0.25) is 0 Å². The Morgan fingerprint density at radius 2 is 1.69 bits per heavy atom. The Hall–Kier alpha value is -0.940. The van der Waals surface area contributed by atoms with Gasteiger partial charge in [-0.2, -0.15) is 5.26 Å². The van der Waals surface area contributed by atoms with E-state index in [0.717, 1.165) is 5.56 Å². The van der Waals surface area contributed by atoms with E-state index in [9.17, 15) is 0 Å². The van der Waals surface area contributed by atoms with Crippen LogP contribution in [-0.4, -0.2) is 4.75 Å². The molecule has 1 rings (SSSR count). The minimum atomic E-state index is 0.230. The molecule has 0 aliphatic heterocycles. The number of nitrogens with zero attached hydrogens (tertiary/aromatic N) is 1. The predicted octanol–water partition coefficient (Wildman–Crippen LogP) is 3.45. The third-order valence-electron chi connectivity index (χ3n) is 1.41. The summed E-state index contributed by atoms with van der Waals surface area (Å²) in [6.45, 7) is 6.53. The van der Waals surface area contributed by atoms with Crippen molar-refractivity contribution in [3.05, 3.63) is 29.8 Å². The lowest BCUT2D eigenvalue weighted by Gasteiger charge is -2.17. The van der Waals surface area contributed by atoms with Crippen molar-refractivity contribution in [2.75, 3.05) is 0 Å². The zero-order chi connectivity index (χ0) is 9.90. The summed E-state index contributed by atoms with van der Waals surface area (Å²) in [6.07, 6.45) is 0. The summed E-state index contributed by atoms with van der Waals surface area (Å²) in [7, 11) is 0. The normalized spacial score (nSPS) is 10.9. The number of hydrogen-bond donors (Lipinski definition) is 0. The van der Waals surface area contributed by atoms with Crippen LogP contribution in [0, 0.1) is 11.3 Å². The maximum Gasteiger partial charge on any atom is 0.0991 e. The monoisotopic (exact) mass is 191 g/mol. The molecule has 1 aromatic carbocycles. The molecule has 0 amide bonds. The molecule has 13 heavy (non-hydrogen) atoms. The average molecular weight is 191 g/mol. The second-order valence-electron chi connectivity index (χ2n) is 3.85. The van der Waals surface area contributed by atoms with Crippen LogP contribution in [0.2, 0.25) is 0 Å². The first-order valence-electron chi connectivity index (χ1n) is 4.20. The van der Waals surface area contributed by atoms with Crippen LogP contribution < -0.4 is 0 Å². The molecule has 0 aliphatic rings. The van der Waals surface area contributed by atoms with E-state index in [1.165, 1.54) is 4.90 Å². The van der Waals surface area contributed by atoms with Crippen molar-refractivity contribution in [3.8, 4) is 6.07 Å². The molecule has 0 saturated heterocycles. The van der Waals surface area contributed by atoms with Crippen molar-refractivity contribution in [2.45, 2.75) is 30.4 Å². The first-order valence-corrected chi connectivity index (χ1v) is 5.02. The third-order valence-corrected chi connectivity index (χ3v) is 2.53. The molecule has 0 heterocycles. The van der Waals surface area contributed by atoms with Gasteiger partial charge in [-0.25, -0.2) is 0 Å². The van der Waals surface area contributed by atoms with E-state index in [-0.39, 0.29) is 4.75 Å². The Morgan fingerprint density at radius 1 is 1.15 bits per heavy atom. The Balaban J connectivity index is 2.77. The lowest BCUT2D eigenvalue weighted by Crippen LogP contribution is -2.06. The highest BCUT2D eigenvalue weighted by molar-refractivity contribution is 8.00. The largest absolute Gasteiger partial charge is 0.192 e. The molecular weight excluding hydrogens is 178 g/mol. The van der Waals surface area contributed by atoms with E-state index in [1.807, 2.05) is 36.0 Å². The molecule has 0 N–H and O–H groups in total. The maximum atomic E-state index is 8.60. The second kappa shape index (κ2) is 3.85. The minimum absolute atomic E-state index is 0.230. The molecule has 0 spiro atoms. The van der Waals surface area contributed by atoms with Crippen molar-refractivity contribution in [3.63, 3.8) is 0 Å². The molecule has 0 fully saturated rings. The minimum Gasteiger partial charge on any atom is -0.192 e. The van der Waals surface area contributed by atoms with E-state index >= 15 is 0 Å². The molecule has 0 unspecified atom stereocenters. The third kappa shape index (κ3) is 3.52. The summed E-state index contributed by atoms with van der Waals surface area (Å²) in [5.74, 6) is 0. The lowest BCUT2D eigenvalue weighted by molar-refractivity contribution is 0.803. The van der Waals surface area contributed by atoms with Gasteiger partial charge in [-0.15, -0.1) is 11.8 Å². The molecule has 1 aromatic rings. The van der Waals surface area contributed by atoms with Gasteiger partial charge in [-0.1, -0.05) is 20.8 Å². The van der Waals surface area contributed by atoms with E-state index in [2.05, 4.69) is 26.8 Å². The molecule has 0 bridgehead atoms. The highest BCUT2D eigenvalue weighted by atomic mass is 32.2. The Kier molecular flexibility index (Phi) is 3.00. The van der Waals surface area contributed by atoms with E-state index < -0.39 is 0 Å². The molecule has 1 nitrogen and oxygen atoms in total. The Labute approximate surface area is 83.8 Å². The van der Waals surface area contributed by atoms with Crippen LogP contribution in [0.4, 0.5) is 0 Å². The van der Waals surface area contributed by atoms with Crippen molar-refractivity contribution in [1.82, 2.24) is 0 Å². The molecule has 0 radical (unpaired) electrons. The summed E-state index contributed by atoms with van der Waals surface area (Å²) in [5, 5.41) is 8.60. The number of nitriles is 1. The number of rotatable bonds is 1. The summed E-state index contributed by atoms with van der Waals surface area (Å²) >= 11 is 1.81. The summed E-state index contributed by atoms with van der Waals surface area (Å²) in [4.78, 5) is 1.21. The van der Waals surface area contributed by atoms with Gasteiger partial charge in [0.2, 0.25) is 0 Å². The van der Waals surface area contributed by atoms with Gasteiger partial charge in [0, 0.05) is 9.64 Å². The van der Waals surface area contributed by atoms with Crippen LogP contribution in [0.3, 0.4) is 0 Å². The van der Waals surface area contributed by atoms with Crippen LogP contribution in [-0.2, 0) is 0 Å². The zero-order valence-electron chi connectivity index (χ0n) is 8.16. The number of benzene rings is 1. The standard InChI is InChI=1S/C11H13NS/c1-11(2,3)13-10-6-4-9(8-12)5-7-10/h4-7H,1-3H3. The highest BCUT2D eigenvalue weighted by Gasteiger charge is 2.11. The van der Waals surface area contributed by atoms with Gasteiger partial charge in [0.15, 0.2) is 0 Å². The first kappa shape index (κ1) is 10.1. The highest BCUT2D eigenvalue weighted by Crippen LogP contribution is 2.31. The fourth-order valence-electron chi connectivity index (χ4n) is 0.951. The lowest BCUT2D eigenvalue weighted by atomic mass is 10.2. The van der Waals surface area contributed by atoms with E-state index in [4.69, 9.17) is 5.26 Å². The Bertz CT molecular complexity index is 313. The molecular formula is C11H13NS. The van der Waals surface area contributed by atoms with Crippen LogP contribution in [0.15, 0.2) is 29.2 Å². The molecule has 68 valence electrons. The van der Waals surface area contributed by atoms with Gasteiger partial charge in [0.05, 0.1) is 11.6 Å². The number of thioether (sulfide) groups is 1. The van der Waals surface area contributed by atoms with Gasteiger partial charge in [-0.05, 0) is 24.3 Å². The summed E-state index contributed by atoms with van der Waals surface area (Å²) in [5.41, 5.74) is 0.721. The van der Waals surface area contributed by atoms with E-state index in [1.54, 1.807) is 0 Å². The quantitative estimate of drug-likeness (QED) is 0.635. The van der Waals surface area contributed by atoms with Crippen molar-refractivity contribution >= 4 is 11.8 Å². The smallest absolute Gasteiger partial charge is 0.0991 e. The van der Waals surface area contributed by atoms with Gasteiger partial charge in [0.25, 0.3) is 0 Å². The topological polar surface area (TPSA) is 23.8 Å². The SMILES string of the molecule is CC(C)(C)Sc1ccc(C#N)cc1. The molecule has 0 saturated carbocycles. The van der Waals surface area contributed by atoms with Crippen molar-refractivity contribution < 1.29 is 0 Å². The molecule has 0 atom stereocenters. The van der Waals surface area contributed by atoms with Crippen LogP contribution in [0.25, 0.3) is 0 Å². The fourth-order valence-corrected chi connectivity index (χ4v) is 1.93. The van der Waals surface area contributed by atoms with Gasteiger partial charge in [0.1, 0.15) is 0 Å². The summed E-state index contributed by atoms with van der Waals surface area (Å²) < 4.78 is 0.230. The fraction of sp³-hybridized carbons (Fsp3) is 0.364. The maximum absolute atomic E-state index is 8.60. The average Bonchev–Trinajstić information content (AvgIpc) is 2.03. The van der Waals surface area contributed by atoms with Crippen LogP contribution >= 0.6 is 11.8 Å². The Morgan fingerprint density at radius 3 is 2.08 bits per heavy atom. The molecule has 0 aromatic heterocycles. The van der Waals surface area contributed by atoms with Crippen LogP contribution in [0.1, 0.15) is 26.3 Å². The predicted molar refractivity (Wildman–Crippen MR) is 56.8 cm³/mol. The van der Waals surface area contributed by atoms with Crippen LogP contribution in [0.5, 0.6) is 0 Å².